The minimum absolute atomic E-state index is 0.0788. The van der Waals surface area contributed by atoms with E-state index in [1.807, 2.05) is 13.0 Å². The van der Waals surface area contributed by atoms with Gasteiger partial charge in [-0.2, -0.15) is 10.5 Å². The number of nitrogens with two attached hydrogens (primary N) is 1. The molecule has 1 heterocycles. The number of hydrogen-bond donors (Lipinski definition) is 1. The number of nitrogens with zero attached hydrogens (tertiary/aromatic N) is 3. The van der Waals surface area contributed by atoms with E-state index >= 15 is 0 Å². The number of primary amides is 1. The average molecular weight is 260 g/mol. The van der Waals surface area contributed by atoms with E-state index in [-0.39, 0.29) is 6.42 Å². The zero-order valence-electron chi connectivity index (χ0n) is 10.8. The Hall–Kier alpha value is -2.08. The molecule has 0 spiro atoms. The SMILES string of the molecule is C[C@@]12CCC[C@](CC#N)(C1)N(C(N)=O)C(=O)[C@@H]2C#N. The number of likely N-dealkylation sites (tertiary alicyclic amines) is 1. The molecule has 2 fully saturated rings. The van der Waals surface area contributed by atoms with Gasteiger partial charge in [0, 0.05) is 0 Å². The van der Waals surface area contributed by atoms with Crippen LogP contribution in [0.1, 0.15) is 39.0 Å². The van der Waals surface area contributed by atoms with Gasteiger partial charge < -0.3 is 5.73 Å². The fourth-order valence-electron chi connectivity index (χ4n) is 3.78. The molecule has 0 aromatic carbocycles. The molecule has 0 radical (unpaired) electrons. The van der Waals surface area contributed by atoms with Gasteiger partial charge in [0.15, 0.2) is 0 Å². The van der Waals surface area contributed by atoms with Gasteiger partial charge in [0.1, 0.15) is 5.92 Å². The highest BCUT2D eigenvalue weighted by Crippen LogP contribution is 2.54. The highest BCUT2D eigenvalue weighted by molar-refractivity contribution is 5.98. The molecule has 6 heteroatoms. The maximum absolute atomic E-state index is 12.4. The smallest absolute Gasteiger partial charge is 0.322 e. The molecule has 2 aliphatic rings. The fraction of sp³-hybridized carbons (Fsp3) is 0.692. The molecule has 1 saturated heterocycles. The minimum atomic E-state index is -0.857. The number of amides is 3. The van der Waals surface area contributed by atoms with Crippen LogP contribution in [0.4, 0.5) is 4.79 Å². The lowest BCUT2D eigenvalue weighted by molar-refractivity contribution is -0.153. The summed E-state index contributed by atoms with van der Waals surface area (Å²) in [5, 5.41) is 18.3. The van der Waals surface area contributed by atoms with E-state index in [1.165, 1.54) is 0 Å². The Labute approximate surface area is 111 Å². The number of nitriles is 2. The standard InChI is InChI=1S/C13H16N4O2/c1-12-3-2-4-13(8-12,5-6-14)17(11(16)19)10(18)9(12)7-15/h9H,2-5,8H2,1H3,(H2,16,19)/t9-,12+,13-/m0/s1. The second kappa shape index (κ2) is 4.24. The number of urea groups is 1. The van der Waals surface area contributed by atoms with Crippen LogP contribution in [-0.2, 0) is 4.79 Å². The van der Waals surface area contributed by atoms with Crippen molar-refractivity contribution in [3.63, 3.8) is 0 Å². The number of carbonyl (C=O) groups excluding carboxylic acids is 2. The Morgan fingerprint density at radius 2 is 2.21 bits per heavy atom. The van der Waals surface area contributed by atoms with Crippen molar-refractivity contribution in [1.82, 2.24) is 4.90 Å². The molecule has 0 unspecified atom stereocenters. The van der Waals surface area contributed by atoms with Crippen LogP contribution in [0.25, 0.3) is 0 Å². The molecule has 1 aliphatic heterocycles. The second-order valence-electron chi connectivity index (χ2n) is 5.82. The molecule has 3 atom stereocenters. The van der Waals surface area contributed by atoms with Crippen LogP contribution in [0.2, 0.25) is 0 Å². The van der Waals surface area contributed by atoms with Gasteiger partial charge in [0.2, 0.25) is 5.91 Å². The van der Waals surface area contributed by atoms with Crippen LogP contribution < -0.4 is 5.73 Å². The maximum atomic E-state index is 12.4. The summed E-state index contributed by atoms with van der Waals surface area (Å²) in [6.07, 6.45) is 2.70. The highest BCUT2D eigenvalue weighted by atomic mass is 16.2. The third-order valence-electron chi connectivity index (χ3n) is 4.52. The molecule has 1 aliphatic carbocycles. The Morgan fingerprint density at radius 3 is 2.74 bits per heavy atom. The molecule has 2 rings (SSSR count). The molecule has 0 aromatic heterocycles. The van der Waals surface area contributed by atoms with Crippen LogP contribution in [0.5, 0.6) is 0 Å². The van der Waals surface area contributed by atoms with Crippen molar-refractivity contribution < 1.29 is 9.59 Å². The zero-order chi connectivity index (χ0) is 14.3. The highest BCUT2D eigenvalue weighted by Gasteiger charge is 2.59. The quantitative estimate of drug-likeness (QED) is 0.765. The Morgan fingerprint density at radius 1 is 1.53 bits per heavy atom. The predicted octanol–water partition coefficient (Wildman–Crippen LogP) is 1.28. The first-order valence-corrected chi connectivity index (χ1v) is 6.30. The van der Waals surface area contributed by atoms with Gasteiger partial charge in [-0.15, -0.1) is 0 Å². The van der Waals surface area contributed by atoms with Crippen LogP contribution in [0.3, 0.4) is 0 Å². The Balaban J connectivity index is 2.54. The van der Waals surface area contributed by atoms with Crippen LogP contribution >= 0.6 is 0 Å². The van der Waals surface area contributed by atoms with Crippen molar-refractivity contribution in [3.8, 4) is 12.1 Å². The van der Waals surface area contributed by atoms with Crippen LogP contribution in [0, 0.1) is 34.0 Å². The first-order chi connectivity index (χ1) is 8.90. The van der Waals surface area contributed by atoms with Crippen LogP contribution in [-0.4, -0.2) is 22.4 Å². The lowest BCUT2D eigenvalue weighted by atomic mass is 9.57. The Bertz CT molecular complexity index is 518. The van der Waals surface area contributed by atoms with E-state index in [0.29, 0.717) is 12.8 Å². The zero-order valence-corrected chi connectivity index (χ0v) is 10.8. The van der Waals surface area contributed by atoms with Gasteiger partial charge in [0.25, 0.3) is 0 Å². The summed E-state index contributed by atoms with van der Waals surface area (Å²) >= 11 is 0. The molecule has 100 valence electrons. The molecule has 1 saturated carbocycles. The van der Waals surface area contributed by atoms with Crippen molar-refractivity contribution in [2.75, 3.05) is 0 Å². The molecule has 19 heavy (non-hydrogen) atoms. The van der Waals surface area contributed by atoms with Gasteiger partial charge in [-0.1, -0.05) is 13.3 Å². The van der Waals surface area contributed by atoms with E-state index in [9.17, 15) is 14.9 Å². The van der Waals surface area contributed by atoms with Gasteiger partial charge in [0.05, 0.1) is 24.1 Å². The monoisotopic (exact) mass is 260 g/mol. The molecular formula is C13H16N4O2. The number of fused-ring (bicyclic) bond motifs is 2. The van der Waals surface area contributed by atoms with E-state index in [4.69, 9.17) is 11.0 Å². The second-order valence-corrected chi connectivity index (χ2v) is 5.82. The van der Waals surface area contributed by atoms with E-state index in [0.717, 1.165) is 17.7 Å². The van der Waals surface area contributed by atoms with Crippen LogP contribution in [0.15, 0.2) is 0 Å². The van der Waals surface area contributed by atoms with Crippen molar-refractivity contribution >= 4 is 11.9 Å². The summed E-state index contributed by atoms with van der Waals surface area (Å²) < 4.78 is 0. The molecule has 2 bridgehead atoms. The number of hydrogen-bond acceptors (Lipinski definition) is 4. The molecule has 3 amide bonds. The van der Waals surface area contributed by atoms with Gasteiger partial charge >= 0.3 is 6.03 Å². The molecular weight excluding hydrogens is 244 g/mol. The summed E-state index contributed by atoms with van der Waals surface area (Å²) in [7, 11) is 0. The van der Waals surface area contributed by atoms with Gasteiger partial charge in [-0.25, -0.2) is 4.79 Å². The lowest BCUT2D eigenvalue weighted by Gasteiger charge is -2.55. The third-order valence-corrected chi connectivity index (χ3v) is 4.52. The van der Waals surface area contributed by atoms with Crippen molar-refractivity contribution in [2.45, 2.75) is 44.6 Å². The summed E-state index contributed by atoms with van der Waals surface area (Å²) in [4.78, 5) is 25.0. The van der Waals surface area contributed by atoms with Gasteiger partial charge in [-0.3, -0.25) is 9.69 Å². The number of piperidine rings is 1. The van der Waals surface area contributed by atoms with E-state index in [2.05, 4.69) is 6.07 Å². The minimum Gasteiger partial charge on any atom is -0.351 e. The normalized spacial score (nSPS) is 37.3. The summed E-state index contributed by atoms with van der Waals surface area (Å²) in [5.41, 5.74) is 4.03. The fourth-order valence-corrected chi connectivity index (χ4v) is 3.78. The third kappa shape index (κ3) is 1.76. The lowest BCUT2D eigenvalue weighted by Crippen LogP contribution is -2.67. The number of rotatable bonds is 1. The Kier molecular flexibility index (Phi) is 2.98. The average Bonchev–Trinajstić information content (AvgIpc) is 2.27. The van der Waals surface area contributed by atoms with E-state index < -0.39 is 28.8 Å². The first kappa shape index (κ1) is 13.4. The summed E-state index contributed by atoms with van der Waals surface area (Å²) in [6.45, 7) is 1.89. The number of imide groups is 1. The first-order valence-electron chi connectivity index (χ1n) is 6.30. The van der Waals surface area contributed by atoms with Crippen molar-refractivity contribution in [1.29, 1.82) is 10.5 Å². The molecule has 6 nitrogen and oxygen atoms in total. The molecule has 2 N–H and O–H groups in total. The largest absolute Gasteiger partial charge is 0.351 e. The predicted molar refractivity (Wildman–Crippen MR) is 65.1 cm³/mol. The van der Waals surface area contributed by atoms with Gasteiger partial charge in [-0.05, 0) is 24.7 Å². The summed E-state index contributed by atoms with van der Waals surface area (Å²) in [6, 6.07) is 3.21. The van der Waals surface area contributed by atoms with Crippen molar-refractivity contribution in [2.24, 2.45) is 17.1 Å². The maximum Gasteiger partial charge on any atom is 0.322 e. The van der Waals surface area contributed by atoms with E-state index in [1.54, 1.807) is 0 Å². The topological polar surface area (TPSA) is 111 Å². The van der Waals surface area contributed by atoms with Crippen molar-refractivity contribution in [3.05, 3.63) is 0 Å². The molecule has 0 aromatic rings. The summed E-state index contributed by atoms with van der Waals surface area (Å²) in [5.74, 6) is -1.40. The number of carbonyl (C=O) groups is 2.